The molecule has 9 heteroatoms. The molecule has 0 bridgehead atoms. The van der Waals surface area contributed by atoms with Crippen LogP contribution in [-0.4, -0.2) is 39.1 Å². The third-order valence-corrected chi connectivity index (χ3v) is 4.15. The first-order chi connectivity index (χ1) is 10.9. The predicted molar refractivity (Wildman–Crippen MR) is 82.3 cm³/mol. The number of carbonyl (C=O) groups excluding carboxylic acids is 2. The standard InChI is InChI=1S/C14H15FN4O3S/c1-8(12(20)16-14(21)22-3)23-13-18-17-11(19(13)2)9-6-4-5-7-10(9)15/h4-8H,1-3H3,(H,16,20,21)/t8-/m1/s1. The monoisotopic (exact) mass is 338 g/mol. The van der Waals surface area contributed by atoms with Gasteiger partial charge >= 0.3 is 6.09 Å². The number of methoxy groups -OCH3 is 1. The molecule has 0 fully saturated rings. The highest BCUT2D eigenvalue weighted by Gasteiger charge is 2.21. The van der Waals surface area contributed by atoms with Crippen molar-refractivity contribution in [1.82, 2.24) is 20.1 Å². The summed E-state index contributed by atoms with van der Waals surface area (Å²) in [4.78, 5) is 22.8. The molecule has 1 atom stereocenters. The lowest BCUT2D eigenvalue weighted by Gasteiger charge is -2.10. The maximum Gasteiger partial charge on any atom is 0.413 e. The highest BCUT2D eigenvalue weighted by Crippen LogP contribution is 2.26. The molecule has 0 aliphatic heterocycles. The van der Waals surface area contributed by atoms with Crippen molar-refractivity contribution in [3.63, 3.8) is 0 Å². The number of rotatable bonds is 4. The van der Waals surface area contributed by atoms with Crippen LogP contribution in [0.4, 0.5) is 9.18 Å². The number of hydrogen-bond donors (Lipinski definition) is 1. The maximum atomic E-state index is 13.8. The zero-order valence-corrected chi connectivity index (χ0v) is 13.6. The smallest absolute Gasteiger partial charge is 0.413 e. The van der Waals surface area contributed by atoms with Gasteiger partial charge in [-0.2, -0.15) is 0 Å². The Morgan fingerprint density at radius 1 is 1.35 bits per heavy atom. The number of benzene rings is 1. The number of amides is 2. The fourth-order valence-corrected chi connectivity index (χ4v) is 2.57. The summed E-state index contributed by atoms with van der Waals surface area (Å²) in [7, 11) is 2.85. The molecular weight excluding hydrogens is 323 g/mol. The topological polar surface area (TPSA) is 86.1 Å². The number of aromatic nitrogens is 3. The molecule has 7 nitrogen and oxygen atoms in total. The van der Waals surface area contributed by atoms with Crippen molar-refractivity contribution in [2.45, 2.75) is 17.3 Å². The van der Waals surface area contributed by atoms with E-state index in [-0.39, 0.29) is 0 Å². The highest BCUT2D eigenvalue weighted by molar-refractivity contribution is 8.00. The van der Waals surface area contributed by atoms with Gasteiger partial charge in [0.15, 0.2) is 11.0 Å². The van der Waals surface area contributed by atoms with Crippen LogP contribution in [0.5, 0.6) is 0 Å². The largest absolute Gasteiger partial charge is 0.453 e. The van der Waals surface area contributed by atoms with Gasteiger partial charge in [0.1, 0.15) is 5.82 Å². The number of halogens is 1. The minimum Gasteiger partial charge on any atom is -0.453 e. The molecular formula is C14H15FN4O3S. The predicted octanol–water partition coefficient (Wildman–Crippen LogP) is 1.98. The molecule has 2 aromatic rings. The molecule has 23 heavy (non-hydrogen) atoms. The van der Waals surface area contributed by atoms with Crippen LogP contribution >= 0.6 is 11.8 Å². The zero-order chi connectivity index (χ0) is 17.0. The summed E-state index contributed by atoms with van der Waals surface area (Å²) < 4.78 is 19.8. The number of hydrogen-bond acceptors (Lipinski definition) is 6. The fourth-order valence-electron chi connectivity index (χ4n) is 1.76. The number of nitrogens with zero attached hydrogens (tertiary/aromatic N) is 3. The summed E-state index contributed by atoms with van der Waals surface area (Å²) >= 11 is 1.10. The van der Waals surface area contributed by atoms with Crippen LogP contribution in [0.1, 0.15) is 6.92 Å². The Morgan fingerprint density at radius 3 is 2.70 bits per heavy atom. The molecule has 2 amide bonds. The lowest BCUT2D eigenvalue weighted by Crippen LogP contribution is -2.35. The Bertz CT molecular complexity index is 735. The maximum absolute atomic E-state index is 13.8. The lowest BCUT2D eigenvalue weighted by atomic mass is 10.2. The Hall–Kier alpha value is -2.42. The van der Waals surface area contributed by atoms with Crippen LogP contribution in [0.3, 0.4) is 0 Å². The van der Waals surface area contributed by atoms with Gasteiger partial charge in [-0.25, -0.2) is 9.18 Å². The molecule has 1 aromatic heterocycles. The van der Waals surface area contributed by atoms with Crippen LogP contribution in [0, 0.1) is 5.82 Å². The molecule has 0 aliphatic carbocycles. The highest BCUT2D eigenvalue weighted by atomic mass is 32.2. The summed E-state index contributed by atoms with van der Waals surface area (Å²) in [6, 6.07) is 6.22. The van der Waals surface area contributed by atoms with Crippen molar-refractivity contribution >= 4 is 23.8 Å². The second kappa shape index (κ2) is 7.23. The molecule has 0 saturated heterocycles. The van der Waals surface area contributed by atoms with Crippen LogP contribution in [0.2, 0.25) is 0 Å². The Balaban J connectivity index is 2.15. The molecule has 0 spiro atoms. The molecule has 1 aromatic carbocycles. The zero-order valence-electron chi connectivity index (χ0n) is 12.7. The molecule has 0 saturated carbocycles. The molecule has 0 radical (unpaired) electrons. The lowest BCUT2D eigenvalue weighted by molar-refractivity contribution is -0.119. The van der Waals surface area contributed by atoms with Crippen molar-refractivity contribution in [2.24, 2.45) is 7.05 Å². The van der Waals surface area contributed by atoms with Gasteiger partial charge in [-0.1, -0.05) is 23.9 Å². The Morgan fingerprint density at radius 2 is 2.04 bits per heavy atom. The second-order valence-electron chi connectivity index (χ2n) is 4.59. The normalized spacial score (nSPS) is 11.8. The van der Waals surface area contributed by atoms with E-state index in [2.05, 4.69) is 20.3 Å². The number of nitrogens with one attached hydrogen (secondary N) is 1. The summed E-state index contributed by atoms with van der Waals surface area (Å²) in [6.45, 7) is 1.61. The van der Waals surface area contributed by atoms with E-state index in [0.717, 1.165) is 11.8 Å². The van der Waals surface area contributed by atoms with Gasteiger partial charge in [0, 0.05) is 7.05 Å². The van der Waals surface area contributed by atoms with Crippen molar-refractivity contribution in [3.8, 4) is 11.4 Å². The number of carbonyl (C=O) groups is 2. The number of thioether (sulfide) groups is 1. The third kappa shape index (κ3) is 3.86. The van der Waals surface area contributed by atoms with E-state index in [9.17, 15) is 14.0 Å². The van der Waals surface area contributed by atoms with E-state index in [1.165, 1.54) is 13.2 Å². The average molecular weight is 338 g/mol. The molecule has 0 aliphatic rings. The van der Waals surface area contributed by atoms with E-state index in [4.69, 9.17) is 0 Å². The van der Waals surface area contributed by atoms with E-state index in [1.54, 1.807) is 36.7 Å². The molecule has 1 heterocycles. The summed E-state index contributed by atoms with van der Waals surface area (Å²) in [6.07, 6.45) is -0.826. The average Bonchev–Trinajstić information content (AvgIpc) is 2.88. The molecule has 2 rings (SSSR count). The molecule has 0 unspecified atom stereocenters. The van der Waals surface area contributed by atoms with E-state index < -0.39 is 23.1 Å². The SMILES string of the molecule is COC(=O)NC(=O)[C@@H](C)Sc1nnc(-c2ccccc2F)n1C. The number of alkyl carbamates (subject to hydrolysis) is 1. The number of ether oxygens (including phenoxy) is 1. The van der Waals surface area contributed by atoms with E-state index >= 15 is 0 Å². The fraction of sp³-hybridized carbons (Fsp3) is 0.286. The minimum atomic E-state index is -0.826. The van der Waals surface area contributed by atoms with Crippen molar-refractivity contribution in [1.29, 1.82) is 0 Å². The summed E-state index contributed by atoms with van der Waals surface area (Å²) in [5.74, 6) is -0.570. The quantitative estimate of drug-likeness (QED) is 0.858. The van der Waals surface area contributed by atoms with Crippen molar-refractivity contribution in [2.75, 3.05) is 7.11 Å². The Kier molecular flexibility index (Phi) is 5.32. The minimum absolute atomic E-state index is 0.320. The van der Waals surface area contributed by atoms with Crippen LogP contribution < -0.4 is 5.32 Å². The van der Waals surface area contributed by atoms with Gasteiger partial charge in [-0.05, 0) is 19.1 Å². The first-order valence-electron chi connectivity index (χ1n) is 6.63. The van der Waals surface area contributed by atoms with Gasteiger partial charge in [0.05, 0.1) is 17.9 Å². The van der Waals surface area contributed by atoms with Gasteiger partial charge in [-0.3, -0.25) is 10.1 Å². The van der Waals surface area contributed by atoms with Crippen molar-refractivity contribution in [3.05, 3.63) is 30.1 Å². The molecule has 1 N–H and O–H groups in total. The van der Waals surface area contributed by atoms with Crippen LogP contribution in [0.15, 0.2) is 29.4 Å². The summed E-state index contributed by atoms with van der Waals surface area (Å²) in [5.41, 5.74) is 0.320. The van der Waals surface area contributed by atoms with E-state index in [1.807, 2.05) is 0 Å². The van der Waals surface area contributed by atoms with Gasteiger partial charge in [0.2, 0.25) is 5.91 Å². The van der Waals surface area contributed by atoms with Gasteiger partial charge in [-0.15, -0.1) is 10.2 Å². The molecule has 122 valence electrons. The Labute approximate surface area is 136 Å². The first-order valence-corrected chi connectivity index (χ1v) is 7.51. The van der Waals surface area contributed by atoms with Gasteiger partial charge in [0.25, 0.3) is 0 Å². The number of imide groups is 1. The van der Waals surface area contributed by atoms with Crippen LogP contribution in [-0.2, 0) is 16.6 Å². The van der Waals surface area contributed by atoms with Gasteiger partial charge < -0.3 is 9.30 Å². The van der Waals surface area contributed by atoms with Crippen LogP contribution in [0.25, 0.3) is 11.4 Å². The first kappa shape index (κ1) is 16.9. The van der Waals surface area contributed by atoms with E-state index in [0.29, 0.717) is 16.5 Å². The van der Waals surface area contributed by atoms with Crippen molar-refractivity contribution < 1.29 is 18.7 Å². The summed E-state index contributed by atoms with van der Waals surface area (Å²) in [5, 5.41) is 9.83. The third-order valence-electron chi connectivity index (χ3n) is 3.01. The second-order valence-corrected chi connectivity index (χ2v) is 5.89.